The summed E-state index contributed by atoms with van der Waals surface area (Å²) in [5.41, 5.74) is 7.05. The van der Waals surface area contributed by atoms with Crippen molar-refractivity contribution in [3.05, 3.63) is 69.9 Å². The highest BCUT2D eigenvalue weighted by molar-refractivity contribution is 6.23. The number of benzene rings is 2. The van der Waals surface area contributed by atoms with Crippen LogP contribution in [0.5, 0.6) is 11.5 Å². The fourth-order valence-corrected chi connectivity index (χ4v) is 9.73. The average molecular weight is 839 g/mol. The lowest BCUT2D eigenvalue weighted by Gasteiger charge is -2.38. The van der Waals surface area contributed by atoms with Gasteiger partial charge in [-0.15, -0.1) is 0 Å². The lowest BCUT2D eigenvalue weighted by atomic mass is 9.86. The van der Waals surface area contributed by atoms with E-state index in [2.05, 4.69) is 48.6 Å². The number of likely N-dealkylation sites (tertiary alicyclic amines) is 1. The van der Waals surface area contributed by atoms with Crippen LogP contribution in [0.15, 0.2) is 47.7 Å². The molecule has 0 radical (unpaired) electrons. The van der Waals surface area contributed by atoms with Gasteiger partial charge >= 0.3 is 6.03 Å². The van der Waals surface area contributed by atoms with Gasteiger partial charge < -0.3 is 39.1 Å². The molecule has 0 aliphatic carbocycles. The molecule has 61 heavy (non-hydrogen) atoms. The quantitative estimate of drug-likeness (QED) is 0.338. The Morgan fingerprint density at radius 3 is 2.21 bits per heavy atom. The van der Waals surface area contributed by atoms with Crippen LogP contribution in [0, 0.1) is 5.92 Å². The molecule has 6 heterocycles. The third kappa shape index (κ3) is 8.84. The van der Waals surface area contributed by atoms with Gasteiger partial charge in [-0.1, -0.05) is 0 Å². The number of hydrogen-bond donors (Lipinski definition) is 2. The second-order valence-electron chi connectivity index (χ2n) is 16.9. The minimum Gasteiger partial charge on any atom is -0.496 e. The van der Waals surface area contributed by atoms with E-state index in [1.165, 1.54) is 5.57 Å². The Hall–Kier alpha value is -5.45. The minimum atomic E-state index is -0.970. The third-order valence-electron chi connectivity index (χ3n) is 13.2. The maximum absolute atomic E-state index is 13.4. The van der Waals surface area contributed by atoms with Gasteiger partial charge in [0.2, 0.25) is 11.8 Å². The number of anilines is 1. The average Bonchev–Trinajstić information content (AvgIpc) is 3.52. The zero-order chi connectivity index (χ0) is 42.8. The lowest BCUT2D eigenvalue weighted by molar-refractivity contribution is -0.136. The highest BCUT2D eigenvalue weighted by atomic mass is 16.5. The molecule has 3 fully saturated rings. The van der Waals surface area contributed by atoms with E-state index in [9.17, 15) is 24.0 Å². The number of amides is 6. The van der Waals surface area contributed by atoms with Gasteiger partial charge in [0.15, 0.2) is 0 Å². The SMILES string of the molecule is CNC(=O)N1CCC2=C(COCN(C)C=C2c2cc(OC)c(CC3CCN(CCN4CCN(c5ccc6c(c5)C(=O)N(C5CCC(=O)NC5=O)C6=O)CC4)CC3)c(OC)c2)C1. The molecule has 6 aliphatic rings. The molecule has 0 bridgehead atoms. The van der Waals surface area contributed by atoms with Crippen LogP contribution < -0.4 is 25.0 Å². The Balaban J connectivity index is 0.838. The monoisotopic (exact) mass is 838 g/mol. The minimum absolute atomic E-state index is 0.0800. The molecule has 326 valence electrons. The van der Waals surface area contributed by atoms with Crippen molar-refractivity contribution in [1.82, 2.24) is 35.1 Å². The zero-order valence-electron chi connectivity index (χ0n) is 35.8. The van der Waals surface area contributed by atoms with Gasteiger partial charge in [-0.25, -0.2) is 4.79 Å². The number of rotatable bonds is 10. The largest absolute Gasteiger partial charge is 0.496 e. The fourth-order valence-electron chi connectivity index (χ4n) is 9.73. The maximum Gasteiger partial charge on any atom is 0.317 e. The number of methoxy groups -OCH3 is 2. The van der Waals surface area contributed by atoms with E-state index in [1.807, 2.05) is 18.0 Å². The second kappa shape index (κ2) is 18.3. The van der Waals surface area contributed by atoms with Crippen molar-refractivity contribution >= 4 is 40.9 Å². The number of carbonyl (C=O) groups excluding carboxylic acids is 5. The van der Waals surface area contributed by atoms with Crippen molar-refractivity contribution in [2.24, 2.45) is 5.92 Å². The van der Waals surface area contributed by atoms with Crippen LogP contribution >= 0.6 is 0 Å². The first-order valence-electron chi connectivity index (χ1n) is 21.5. The van der Waals surface area contributed by atoms with Gasteiger partial charge in [0.25, 0.3) is 11.8 Å². The number of hydrogen-bond acceptors (Lipinski definition) is 12. The smallest absolute Gasteiger partial charge is 0.317 e. The normalized spacial score (nSPS) is 22.1. The van der Waals surface area contributed by atoms with E-state index >= 15 is 0 Å². The summed E-state index contributed by atoms with van der Waals surface area (Å²) in [5, 5.41) is 5.01. The predicted octanol–water partition coefficient (Wildman–Crippen LogP) is 2.78. The molecule has 1 atom stereocenters. The maximum atomic E-state index is 13.4. The van der Waals surface area contributed by atoms with Gasteiger partial charge in [-0.3, -0.25) is 34.3 Å². The van der Waals surface area contributed by atoms with Gasteiger partial charge in [-0.05, 0) is 98.2 Å². The summed E-state index contributed by atoms with van der Waals surface area (Å²) in [6.45, 7) is 9.54. The van der Waals surface area contributed by atoms with E-state index in [0.29, 0.717) is 43.5 Å². The van der Waals surface area contributed by atoms with Gasteiger partial charge in [0, 0.05) is 95.9 Å². The predicted molar refractivity (Wildman–Crippen MR) is 228 cm³/mol. The lowest BCUT2D eigenvalue weighted by Crippen LogP contribution is -2.54. The topological polar surface area (TPSA) is 157 Å². The van der Waals surface area contributed by atoms with Crippen molar-refractivity contribution in [1.29, 1.82) is 0 Å². The Labute approximate surface area is 357 Å². The van der Waals surface area contributed by atoms with E-state index in [4.69, 9.17) is 14.2 Å². The second-order valence-corrected chi connectivity index (χ2v) is 16.9. The molecule has 16 heteroatoms. The number of ether oxygens (including phenoxy) is 3. The number of piperidine rings is 2. The molecule has 16 nitrogen and oxygen atoms in total. The van der Waals surface area contributed by atoms with Crippen LogP contribution in [0.3, 0.4) is 0 Å². The van der Waals surface area contributed by atoms with Crippen LogP contribution in [0.2, 0.25) is 0 Å². The summed E-state index contributed by atoms with van der Waals surface area (Å²) in [6.07, 6.45) is 6.16. The van der Waals surface area contributed by atoms with Crippen LogP contribution in [-0.4, -0.2) is 167 Å². The molecule has 0 aromatic heterocycles. The number of nitrogens with zero attached hydrogens (tertiary/aromatic N) is 6. The molecular weight excluding hydrogens is 781 g/mol. The molecule has 8 rings (SSSR count). The summed E-state index contributed by atoms with van der Waals surface area (Å²) in [7, 11) is 7.14. The summed E-state index contributed by atoms with van der Waals surface area (Å²) >= 11 is 0. The third-order valence-corrected chi connectivity index (χ3v) is 13.2. The summed E-state index contributed by atoms with van der Waals surface area (Å²) in [6, 6.07) is 8.59. The zero-order valence-corrected chi connectivity index (χ0v) is 35.8. The molecule has 6 amide bonds. The Morgan fingerprint density at radius 1 is 0.852 bits per heavy atom. The van der Waals surface area contributed by atoms with Crippen LogP contribution in [0.4, 0.5) is 10.5 Å². The van der Waals surface area contributed by atoms with E-state index in [0.717, 1.165) is 122 Å². The molecular formula is C45H58N8O8. The van der Waals surface area contributed by atoms with Gasteiger partial charge in [0.1, 0.15) is 24.3 Å². The Bertz CT molecular complexity index is 2100. The van der Waals surface area contributed by atoms with E-state index < -0.39 is 23.8 Å². The summed E-state index contributed by atoms with van der Waals surface area (Å²) in [5.74, 6) is 0.211. The Morgan fingerprint density at radius 2 is 1.54 bits per heavy atom. The number of fused-ring (bicyclic) bond motifs is 1. The van der Waals surface area contributed by atoms with E-state index in [-0.39, 0.29) is 24.8 Å². The first-order chi connectivity index (χ1) is 29.5. The fraction of sp³-hybridized carbons (Fsp3) is 0.533. The molecule has 2 aromatic rings. The first kappa shape index (κ1) is 42.2. The number of nitrogens with one attached hydrogen (secondary N) is 2. The molecule has 2 N–H and O–H groups in total. The van der Waals surface area contributed by atoms with Gasteiger partial charge in [-0.2, -0.15) is 0 Å². The number of piperazine rings is 1. The highest BCUT2D eigenvalue weighted by Crippen LogP contribution is 2.41. The van der Waals surface area contributed by atoms with Crippen molar-refractivity contribution in [2.75, 3.05) is 112 Å². The number of carbonyl (C=O) groups is 5. The van der Waals surface area contributed by atoms with Gasteiger partial charge in [0.05, 0.1) is 32.0 Å². The standard InChI is InChI=1S/C45H58N8O8/c1-46-45(58)52-14-11-33-31(25-52)27-61-28-48(2)26-37(33)30-22-39(59-3)36(40(23-30)60-4)21-29-9-12-49(13-10-29)15-16-50-17-19-51(20-18-50)32-5-6-34-35(24-32)44(57)53(43(34)56)38-7-8-41(54)47-42(38)55/h5-6,22-24,26,29,38H,7-21,25,27-28H2,1-4H3,(H,46,58)(H,47,54,55). The number of urea groups is 1. The van der Waals surface area contributed by atoms with Crippen LogP contribution in [0.25, 0.3) is 5.57 Å². The molecule has 0 spiro atoms. The molecule has 3 saturated heterocycles. The van der Waals surface area contributed by atoms with Crippen molar-refractivity contribution in [3.63, 3.8) is 0 Å². The molecule has 2 aromatic carbocycles. The molecule has 1 unspecified atom stereocenters. The number of allylic oxidation sites excluding steroid dienone is 1. The van der Waals surface area contributed by atoms with Crippen molar-refractivity contribution in [2.45, 2.75) is 44.6 Å². The highest BCUT2D eigenvalue weighted by Gasteiger charge is 2.45. The Kier molecular flexibility index (Phi) is 12.6. The van der Waals surface area contributed by atoms with Crippen LogP contribution in [-0.2, 0) is 20.7 Å². The molecule has 6 aliphatic heterocycles. The van der Waals surface area contributed by atoms with Crippen molar-refractivity contribution < 1.29 is 38.2 Å². The van der Waals surface area contributed by atoms with E-state index in [1.54, 1.807) is 33.4 Å². The summed E-state index contributed by atoms with van der Waals surface area (Å²) < 4.78 is 18.1. The summed E-state index contributed by atoms with van der Waals surface area (Å²) in [4.78, 5) is 75.3. The van der Waals surface area contributed by atoms with Crippen molar-refractivity contribution in [3.8, 4) is 11.5 Å². The number of imide groups is 2. The van der Waals surface area contributed by atoms with Crippen LogP contribution in [0.1, 0.15) is 63.9 Å². The molecule has 0 saturated carbocycles. The first-order valence-corrected chi connectivity index (χ1v) is 21.5.